The maximum absolute atomic E-state index is 13.3. The molecule has 2 aliphatic heterocycles. The Hall–Kier alpha value is -1.58. The van der Waals surface area contributed by atoms with E-state index in [1.807, 2.05) is 0 Å². The van der Waals surface area contributed by atoms with Gasteiger partial charge in [-0.25, -0.2) is 8.42 Å². The smallest absolute Gasteiger partial charge is 0.244 e. The lowest BCUT2D eigenvalue weighted by atomic mass is 10.2. The largest absolute Gasteiger partial charge is 0.354 e. The number of amides is 2. The molecule has 1 N–H and O–H groups in total. The summed E-state index contributed by atoms with van der Waals surface area (Å²) < 4.78 is 27.8. The van der Waals surface area contributed by atoms with E-state index in [0.29, 0.717) is 36.7 Å². The molecule has 0 radical (unpaired) electrons. The van der Waals surface area contributed by atoms with E-state index in [-0.39, 0.29) is 22.6 Å². The third-order valence-electron chi connectivity index (χ3n) is 5.54. The lowest BCUT2D eigenvalue weighted by molar-refractivity contribution is -0.123. The molecule has 1 aromatic carbocycles. The fourth-order valence-corrected chi connectivity index (χ4v) is 7.05. The first-order valence-corrected chi connectivity index (χ1v) is 12.3. The molecule has 2 heterocycles. The van der Waals surface area contributed by atoms with Crippen LogP contribution in [0.2, 0.25) is 0 Å². The Morgan fingerprint density at radius 2 is 2.11 bits per heavy atom. The van der Waals surface area contributed by atoms with E-state index in [4.69, 9.17) is 0 Å². The van der Waals surface area contributed by atoms with Gasteiger partial charge in [0.25, 0.3) is 0 Å². The van der Waals surface area contributed by atoms with Gasteiger partial charge in [0.05, 0.1) is 10.8 Å². The molecule has 1 atom stereocenters. The highest BCUT2D eigenvalue weighted by atomic mass is 32.2. The maximum Gasteiger partial charge on any atom is 0.244 e. The minimum absolute atomic E-state index is 0.0679. The van der Waals surface area contributed by atoms with Crippen molar-refractivity contribution in [3.05, 3.63) is 23.8 Å². The molecule has 1 unspecified atom stereocenters. The van der Waals surface area contributed by atoms with Gasteiger partial charge in [-0.1, -0.05) is 0 Å². The van der Waals surface area contributed by atoms with E-state index >= 15 is 0 Å². The Bertz CT molecular complexity index is 898. The monoisotopic (exact) mass is 423 g/mol. The number of thioether (sulfide) groups is 1. The first-order valence-electron chi connectivity index (χ1n) is 9.66. The highest BCUT2D eigenvalue weighted by molar-refractivity contribution is 8.00. The number of aryl methyl sites for hydroxylation is 1. The standard InChI is InChI=1S/C19H25N3O4S2/c1-13-9-15(21-8-2-3-18(21)23)6-7-17(13)28(25,26)22-12-27-11-16(22)19(24)20-10-14-4-5-14/h6-7,9,14,16H,2-5,8,10-12H2,1H3,(H,20,24). The summed E-state index contributed by atoms with van der Waals surface area (Å²) in [7, 11) is -3.79. The SMILES string of the molecule is Cc1cc(N2CCCC2=O)ccc1S(=O)(=O)N1CSCC1C(=O)NCC1CC1. The van der Waals surface area contributed by atoms with Crippen molar-refractivity contribution < 1.29 is 18.0 Å². The van der Waals surface area contributed by atoms with E-state index in [1.54, 1.807) is 30.0 Å². The Kier molecular flexibility index (Phi) is 5.41. The van der Waals surface area contributed by atoms with Crippen LogP contribution in [-0.2, 0) is 19.6 Å². The molecule has 9 heteroatoms. The molecule has 1 aliphatic carbocycles. The summed E-state index contributed by atoms with van der Waals surface area (Å²) in [6.07, 6.45) is 3.61. The van der Waals surface area contributed by atoms with Crippen molar-refractivity contribution in [1.82, 2.24) is 9.62 Å². The van der Waals surface area contributed by atoms with E-state index in [1.165, 1.54) is 16.1 Å². The number of benzene rings is 1. The van der Waals surface area contributed by atoms with Gasteiger partial charge in [0.1, 0.15) is 6.04 Å². The fourth-order valence-electron chi connectivity index (χ4n) is 3.69. The molecule has 0 spiro atoms. The van der Waals surface area contributed by atoms with Crippen LogP contribution in [0.5, 0.6) is 0 Å². The summed E-state index contributed by atoms with van der Waals surface area (Å²) in [6.45, 7) is 3.03. The van der Waals surface area contributed by atoms with Gasteiger partial charge in [0, 0.05) is 31.0 Å². The van der Waals surface area contributed by atoms with Crippen LogP contribution in [0.25, 0.3) is 0 Å². The summed E-state index contributed by atoms with van der Waals surface area (Å²) in [5.74, 6) is 1.15. The molecule has 3 fully saturated rings. The summed E-state index contributed by atoms with van der Waals surface area (Å²) in [6, 6.07) is 4.33. The van der Waals surface area contributed by atoms with Crippen molar-refractivity contribution in [1.29, 1.82) is 0 Å². The lowest BCUT2D eigenvalue weighted by Gasteiger charge is -2.24. The second-order valence-corrected chi connectivity index (χ2v) is 10.6. The van der Waals surface area contributed by atoms with Crippen LogP contribution in [0.1, 0.15) is 31.2 Å². The molecular formula is C19H25N3O4S2. The average molecular weight is 424 g/mol. The van der Waals surface area contributed by atoms with Crippen molar-refractivity contribution in [3.63, 3.8) is 0 Å². The van der Waals surface area contributed by atoms with Crippen molar-refractivity contribution in [3.8, 4) is 0 Å². The Balaban J connectivity index is 1.54. The van der Waals surface area contributed by atoms with Crippen LogP contribution >= 0.6 is 11.8 Å². The zero-order chi connectivity index (χ0) is 19.9. The van der Waals surface area contributed by atoms with E-state index in [2.05, 4.69) is 5.32 Å². The average Bonchev–Trinajstić information content (AvgIpc) is 3.16. The highest BCUT2D eigenvalue weighted by Gasteiger charge is 2.41. The van der Waals surface area contributed by atoms with Crippen LogP contribution in [0.3, 0.4) is 0 Å². The van der Waals surface area contributed by atoms with Crippen LogP contribution in [0.4, 0.5) is 5.69 Å². The summed E-state index contributed by atoms with van der Waals surface area (Å²) >= 11 is 1.45. The molecule has 0 aromatic heterocycles. The van der Waals surface area contributed by atoms with Crippen LogP contribution < -0.4 is 10.2 Å². The molecule has 3 aliphatic rings. The minimum Gasteiger partial charge on any atom is -0.354 e. The molecule has 0 bridgehead atoms. The number of hydrogen-bond donors (Lipinski definition) is 1. The zero-order valence-corrected chi connectivity index (χ0v) is 17.5. The number of anilines is 1. The molecule has 152 valence electrons. The predicted octanol–water partition coefficient (Wildman–Crippen LogP) is 1.71. The summed E-state index contributed by atoms with van der Waals surface area (Å²) in [5, 5.41) is 2.90. The predicted molar refractivity (Wildman–Crippen MR) is 109 cm³/mol. The minimum atomic E-state index is -3.79. The van der Waals surface area contributed by atoms with Crippen LogP contribution in [0.15, 0.2) is 23.1 Å². The number of carbonyl (C=O) groups is 2. The first-order chi connectivity index (χ1) is 13.4. The van der Waals surface area contributed by atoms with Gasteiger partial charge in [-0.3, -0.25) is 9.59 Å². The molecule has 28 heavy (non-hydrogen) atoms. The molecular weight excluding hydrogens is 398 g/mol. The van der Waals surface area contributed by atoms with Gasteiger partial charge in [0.2, 0.25) is 21.8 Å². The van der Waals surface area contributed by atoms with Gasteiger partial charge in [-0.15, -0.1) is 11.8 Å². The van der Waals surface area contributed by atoms with E-state index in [0.717, 1.165) is 24.9 Å². The molecule has 1 saturated carbocycles. The lowest BCUT2D eigenvalue weighted by Crippen LogP contribution is -2.47. The van der Waals surface area contributed by atoms with Gasteiger partial charge < -0.3 is 10.2 Å². The van der Waals surface area contributed by atoms with Gasteiger partial charge in [-0.2, -0.15) is 4.31 Å². The first kappa shape index (κ1) is 19.7. The number of sulfonamides is 1. The van der Waals surface area contributed by atoms with Gasteiger partial charge in [0.15, 0.2) is 0 Å². The Morgan fingerprint density at radius 3 is 2.75 bits per heavy atom. The summed E-state index contributed by atoms with van der Waals surface area (Å²) in [4.78, 5) is 26.4. The third kappa shape index (κ3) is 3.79. The molecule has 7 nitrogen and oxygen atoms in total. The Morgan fingerprint density at radius 1 is 1.32 bits per heavy atom. The number of carbonyl (C=O) groups excluding carboxylic acids is 2. The van der Waals surface area contributed by atoms with Crippen molar-refractivity contribution in [2.24, 2.45) is 5.92 Å². The molecule has 2 amide bonds. The summed E-state index contributed by atoms with van der Waals surface area (Å²) in [5.41, 5.74) is 1.32. The quantitative estimate of drug-likeness (QED) is 0.753. The highest BCUT2D eigenvalue weighted by Crippen LogP contribution is 2.33. The number of nitrogens with zero attached hydrogens (tertiary/aromatic N) is 2. The van der Waals surface area contributed by atoms with Gasteiger partial charge >= 0.3 is 0 Å². The normalized spacial score (nSPS) is 23.4. The second-order valence-electron chi connectivity index (χ2n) is 7.70. The van der Waals surface area contributed by atoms with Crippen molar-refractivity contribution in [2.75, 3.05) is 29.6 Å². The van der Waals surface area contributed by atoms with Crippen LogP contribution in [0, 0.1) is 12.8 Å². The van der Waals surface area contributed by atoms with E-state index in [9.17, 15) is 18.0 Å². The van der Waals surface area contributed by atoms with Gasteiger partial charge in [-0.05, 0) is 55.9 Å². The second kappa shape index (κ2) is 7.68. The zero-order valence-electron chi connectivity index (χ0n) is 15.9. The van der Waals surface area contributed by atoms with Crippen molar-refractivity contribution >= 4 is 39.3 Å². The molecule has 4 rings (SSSR count). The molecule has 1 aromatic rings. The fraction of sp³-hybridized carbons (Fsp3) is 0.579. The number of nitrogens with one attached hydrogen (secondary N) is 1. The topological polar surface area (TPSA) is 86.8 Å². The molecule has 2 saturated heterocycles. The van der Waals surface area contributed by atoms with E-state index < -0.39 is 16.1 Å². The number of hydrogen-bond acceptors (Lipinski definition) is 5. The van der Waals surface area contributed by atoms with Crippen LogP contribution in [-0.4, -0.2) is 55.3 Å². The Labute approximate surface area is 169 Å². The third-order valence-corrected chi connectivity index (χ3v) is 8.73. The van der Waals surface area contributed by atoms with Crippen molar-refractivity contribution in [2.45, 2.75) is 43.5 Å². The number of rotatable bonds is 6. The maximum atomic E-state index is 13.3.